The standard InChI is InChI=1S/C15H16BrNOS/c16-14-3-1-2-4-15(14)19-10-13-8-7-12(18-13)9-17-11-5-6-11/h1-4,7-8,11,17H,5-6,9-10H2. The zero-order chi connectivity index (χ0) is 13.1. The van der Waals surface area contributed by atoms with Crippen LogP contribution in [0.1, 0.15) is 24.4 Å². The predicted molar refractivity (Wildman–Crippen MR) is 82.3 cm³/mol. The second-order valence-electron chi connectivity index (χ2n) is 4.74. The first-order valence-electron chi connectivity index (χ1n) is 6.49. The first-order valence-corrected chi connectivity index (χ1v) is 8.27. The summed E-state index contributed by atoms with van der Waals surface area (Å²) in [7, 11) is 0. The Bertz CT molecular complexity index is 551. The maximum absolute atomic E-state index is 5.82. The predicted octanol–water partition coefficient (Wildman–Crippen LogP) is 4.59. The van der Waals surface area contributed by atoms with Gasteiger partial charge in [0.25, 0.3) is 0 Å². The normalized spacial score (nSPS) is 14.8. The fourth-order valence-electron chi connectivity index (χ4n) is 1.84. The molecule has 1 saturated carbocycles. The summed E-state index contributed by atoms with van der Waals surface area (Å²) in [4.78, 5) is 1.25. The third-order valence-corrected chi connectivity index (χ3v) is 5.12. The lowest BCUT2D eigenvalue weighted by Gasteiger charge is -2.02. The number of hydrogen-bond acceptors (Lipinski definition) is 3. The Morgan fingerprint density at radius 2 is 1.95 bits per heavy atom. The number of benzene rings is 1. The first kappa shape index (κ1) is 13.3. The van der Waals surface area contributed by atoms with E-state index in [2.05, 4.69) is 51.6 Å². The molecule has 0 aliphatic heterocycles. The summed E-state index contributed by atoms with van der Waals surface area (Å²) in [5.74, 6) is 2.94. The lowest BCUT2D eigenvalue weighted by molar-refractivity contribution is 0.458. The van der Waals surface area contributed by atoms with Crippen molar-refractivity contribution in [3.05, 3.63) is 52.4 Å². The summed E-state index contributed by atoms with van der Waals surface area (Å²) in [6, 6.07) is 13.1. The van der Waals surface area contributed by atoms with Crippen molar-refractivity contribution < 1.29 is 4.42 Å². The van der Waals surface area contributed by atoms with Crippen LogP contribution in [0.15, 0.2) is 50.2 Å². The van der Waals surface area contributed by atoms with Crippen molar-refractivity contribution in [1.82, 2.24) is 5.32 Å². The number of rotatable bonds is 6. The molecule has 1 fully saturated rings. The van der Waals surface area contributed by atoms with Crippen molar-refractivity contribution in [2.75, 3.05) is 0 Å². The largest absolute Gasteiger partial charge is 0.464 e. The van der Waals surface area contributed by atoms with Crippen LogP contribution in [0.5, 0.6) is 0 Å². The number of nitrogens with one attached hydrogen (secondary N) is 1. The van der Waals surface area contributed by atoms with Crippen molar-refractivity contribution in [3.8, 4) is 0 Å². The molecule has 1 aliphatic carbocycles. The molecule has 0 saturated heterocycles. The molecule has 0 unspecified atom stereocenters. The molecule has 19 heavy (non-hydrogen) atoms. The van der Waals surface area contributed by atoms with Crippen LogP contribution in [-0.2, 0) is 12.3 Å². The number of furan rings is 1. The van der Waals surface area contributed by atoms with Gasteiger partial charge in [-0.1, -0.05) is 12.1 Å². The van der Waals surface area contributed by atoms with Crippen LogP contribution in [0, 0.1) is 0 Å². The first-order chi connectivity index (χ1) is 9.31. The number of halogens is 1. The minimum Gasteiger partial charge on any atom is -0.464 e. The van der Waals surface area contributed by atoms with Crippen molar-refractivity contribution in [3.63, 3.8) is 0 Å². The van der Waals surface area contributed by atoms with Crippen molar-refractivity contribution >= 4 is 27.7 Å². The molecule has 0 bridgehead atoms. The van der Waals surface area contributed by atoms with Crippen LogP contribution in [0.3, 0.4) is 0 Å². The van der Waals surface area contributed by atoms with Crippen LogP contribution in [-0.4, -0.2) is 6.04 Å². The Morgan fingerprint density at radius 1 is 1.16 bits per heavy atom. The topological polar surface area (TPSA) is 25.2 Å². The van der Waals surface area contributed by atoms with Gasteiger partial charge in [-0.3, -0.25) is 0 Å². The Labute approximate surface area is 126 Å². The molecule has 1 N–H and O–H groups in total. The second kappa shape index (κ2) is 6.16. The summed E-state index contributed by atoms with van der Waals surface area (Å²) in [6.45, 7) is 0.852. The molecule has 0 amide bonds. The fourth-order valence-corrected chi connectivity index (χ4v) is 3.30. The summed E-state index contributed by atoms with van der Waals surface area (Å²) in [5.41, 5.74) is 0. The molecule has 0 radical (unpaired) electrons. The van der Waals surface area contributed by atoms with E-state index in [9.17, 15) is 0 Å². The monoisotopic (exact) mass is 337 g/mol. The molecule has 1 aliphatic rings. The van der Waals surface area contributed by atoms with Gasteiger partial charge in [0.15, 0.2) is 0 Å². The summed E-state index contributed by atoms with van der Waals surface area (Å²) >= 11 is 5.35. The molecular weight excluding hydrogens is 322 g/mol. The van der Waals surface area contributed by atoms with Crippen LogP contribution < -0.4 is 5.32 Å². The average molecular weight is 338 g/mol. The Morgan fingerprint density at radius 3 is 2.74 bits per heavy atom. The highest BCUT2D eigenvalue weighted by atomic mass is 79.9. The zero-order valence-electron chi connectivity index (χ0n) is 10.6. The van der Waals surface area contributed by atoms with Crippen LogP contribution in [0.2, 0.25) is 0 Å². The molecule has 2 nitrogen and oxygen atoms in total. The quantitative estimate of drug-likeness (QED) is 0.780. The van der Waals surface area contributed by atoms with E-state index in [-0.39, 0.29) is 0 Å². The molecule has 0 atom stereocenters. The third-order valence-electron chi connectivity index (χ3n) is 3.07. The fraction of sp³-hybridized carbons (Fsp3) is 0.333. The lowest BCUT2D eigenvalue weighted by Crippen LogP contribution is -2.14. The SMILES string of the molecule is Brc1ccccc1SCc1ccc(CNC2CC2)o1. The Kier molecular flexibility index (Phi) is 4.31. The molecule has 0 spiro atoms. The zero-order valence-corrected chi connectivity index (χ0v) is 13.0. The minimum absolute atomic E-state index is 0.725. The van der Waals surface area contributed by atoms with Crippen molar-refractivity contribution in [2.45, 2.75) is 36.1 Å². The second-order valence-corrected chi connectivity index (χ2v) is 6.61. The van der Waals surface area contributed by atoms with Gasteiger partial charge in [-0.05, 0) is 53.0 Å². The van der Waals surface area contributed by atoms with Crippen molar-refractivity contribution in [2.24, 2.45) is 0 Å². The molecule has 1 aromatic heterocycles. The van der Waals surface area contributed by atoms with E-state index < -0.39 is 0 Å². The summed E-state index contributed by atoms with van der Waals surface area (Å²) in [5, 5.41) is 3.46. The third kappa shape index (κ3) is 3.88. The molecule has 4 heteroatoms. The van der Waals surface area contributed by atoms with E-state index in [1.807, 2.05) is 6.07 Å². The molecule has 3 rings (SSSR count). The average Bonchev–Trinajstić information content (AvgIpc) is 3.14. The van der Waals surface area contributed by atoms with Crippen LogP contribution >= 0.6 is 27.7 Å². The van der Waals surface area contributed by atoms with Crippen LogP contribution in [0.4, 0.5) is 0 Å². The smallest absolute Gasteiger partial charge is 0.118 e. The van der Waals surface area contributed by atoms with Gasteiger partial charge < -0.3 is 9.73 Å². The van der Waals surface area contributed by atoms with Gasteiger partial charge in [-0.25, -0.2) is 0 Å². The highest BCUT2D eigenvalue weighted by Gasteiger charge is 2.20. The van der Waals surface area contributed by atoms with Crippen molar-refractivity contribution in [1.29, 1.82) is 0 Å². The van der Waals surface area contributed by atoms with Crippen LogP contribution in [0.25, 0.3) is 0 Å². The van der Waals surface area contributed by atoms with E-state index >= 15 is 0 Å². The number of hydrogen-bond donors (Lipinski definition) is 1. The number of thioether (sulfide) groups is 1. The van der Waals surface area contributed by atoms with Gasteiger partial charge in [0.2, 0.25) is 0 Å². The van der Waals surface area contributed by atoms with Gasteiger partial charge in [-0.2, -0.15) is 0 Å². The molecule has 100 valence electrons. The lowest BCUT2D eigenvalue weighted by atomic mass is 10.4. The van der Waals surface area contributed by atoms with E-state index in [0.29, 0.717) is 0 Å². The molecular formula is C15H16BrNOS. The van der Waals surface area contributed by atoms with Gasteiger partial charge in [0, 0.05) is 15.4 Å². The van der Waals surface area contributed by atoms with Gasteiger partial charge in [0.05, 0.1) is 12.3 Å². The summed E-state index contributed by atoms with van der Waals surface area (Å²) in [6.07, 6.45) is 2.62. The van der Waals surface area contributed by atoms with Gasteiger partial charge >= 0.3 is 0 Å². The minimum atomic E-state index is 0.725. The maximum Gasteiger partial charge on any atom is 0.118 e. The maximum atomic E-state index is 5.82. The van der Waals surface area contributed by atoms with Gasteiger partial charge in [0.1, 0.15) is 11.5 Å². The highest BCUT2D eigenvalue weighted by Crippen LogP contribution is 2.30. The van der Waals surface area contributed by atoms with Gasteiger partial charge in [-0.15, -0.1) is 11.8 Å². The Hall–Kier alpha value is -0.710. The van der Waals surface area contributed by atoms with E-state index in [4.69, 9.17) is 4.42 Å². The highest BCUT2D eigenvalue weighted by molar-refractivity contribution is 9.10. The van der Waals surface area contributed by atoms with E-state index in [1.54, 1.807) is 11.8 Å². The Balaban J connectivity index is 1.53. The molecule has 1 heterocycles. The molecule has 2 aromatic rings. The molecule has 1 aromatic carbocycles. The van der Waals surface area contributed by atoms with E-state index in [1.165, 1.54) is 17.7 Å². The van der Waals surface area contributed by atoms with E-state index in [0.717, 1.165) is 34.3 Å². The summed E-state index contributed by atoms with van der Waals surface area (Å²) < 4.78 is 6.97.